The molecule has 0 nitrogen and oxygen atoms in total. The zero-order chi connectivity index (χ0) is 30.5. The van der Waals surface area contributed by atoms with Gasteiger partial charge in [0.1, 0.15) is 0 Å². The molecule has 0 atom stereocenters. The van der Waals surface area contributed by atoms with E-state index in [0.717, 1.165) is 0 Å². The van der Waals surface area contributed by atoms with Crippen molar-refractivity contribution >= 4 is 43.1 Å². The predicted molar refractivity (Wildman–Crippen MR) is 198 cm³/mol. The summed E-state index contributed by atoms with van der Waals surface area (Å²) in [4.78, 5) is 0. The van der Waals surface area contributed by atoms with Crippen molar-refractivity contribution in [1.82, 2.24) is 0 Å². The first-order valence-electron chi connectivity index (χ1n) is 15.9. The number of rotatable bonds is 4. The van der Waals surface area contributed by atoms with Gasteiger partial charge in [-0.2, -0.15) is 0 Å². The van der Waals surface area contributed by atoms with Crippen molar-refractivity contribution in [2.45, 2.75) is 0 Å². The van der Waals surface area contributed by atoms with E-state index in [2.05, 4.69) is 182 Å². The summed E-state index contributed by atoms with van der Waals surface area (Å²) in [5.74, 6) is 0. The smallest absolute Gasteiger partial charge is 0.00261 e. The average molecular weight is 583 g/mol. The van der Waals surface area contributed by atoms with Gasteiger partial charge >= 0.3 is 0 Å². The van der Waals surface area contributed by atoms with Crippen molar-refractivity contribution in [2.75, 3.05) is 0 Å². The van der Waals surface area contributed by atoms with Crippen LogP contribution in [0.4, 0.5) is 0 Å². The molecule has 0 aliphatic rings. The molecule has 9 aromatic rings. The summed E-state index contributed by atoms with van der Waals surface area (Å²) in [5, 5.41) is 10.2. The molecule has 9 rings (SSSR count). The summed E-state index contributed by atoms with van der Waals surface area (Å²) in [6, 6.07) is 66.4. The van der Waals surface area contributed by atoms with Gasteiger partial charge in [0.05, 0.1) is 0 Å². The van der Waals surface area contributed by atoms with Crippen LogP contribution in [0.2, 0.25) is 0 Å². The van der Waals surface area contributed by atoms with Crippen LogP contribution in [0.5, 0.6) is 0 Å². The van der Waals surface area contributed by atoms with Crippen LogP contribution in [0.1, 0.15) is 0 Å². The Balaban J connectivity index is 1.26. The van der Waals surface area contributed by atoms with E-state index < -0.39 is 0 Å². The van der Waals surface area contributed by atoms with E-state index in [4.69, 9.17) is 0 Å². The van der Waals surface area contributed by atoms with Gasteiger partial charge < -0.3 is 0 Å². The Hall–Kier alpha value is -5.98. The molecule has 0 spiro atoms. The van der Waals surface area contributed by atoms with Crippen molar-refractivity contribution in [3.8, 4) is 44.5 Å². The fourth-order valence-corrected chi connectivity index (χ4v) is 7.32. The third-order valence-electron chi connectivity index (χ3n) is 9.45. The molecular weight excluding hydrogens is 553 g/mol. The minimum atomic E-state index is 1.23. The van der Waals surface area contributed by atoms with Crippen LogP contribution in [0.15, 0.2) is 182 Å². The summed E-state index contributed by atoms with van der Waals surface area (Å²) in [6.45, 7) is 0. The molecule has 0 aliphatic carbocycles. The SMILES string of the molecule is c1ccc(-c2ccc(-c3cc4ccc(-c5c6ccccc6c(-c6ccccc6)c6ccccc56)cc4c4ccccc34)cc2)cc1. The highest BCUT2D eigenvalue weighted by Gasteiger charge is 2.17. The van der Waals surface area contributed by atoms with Crippen molar-refractivity contribution in [3.63, 3.8) is 0 Å². The Labute approximate surface area is 268 Å². The van der Waals surface area contributed by atoms with Gasteiger partial charge in [0.15, 0.2) is 0 Å². The molecule has 0 unspecified atom stereocenters. The van der Waals surface area contributed by atoms with E-state index in [1.165, 1.54) is 87.6 Å². The highest BCUT2D eigenvalue weighted by molar-refractivity contribution is 6.22. The fourth-order valence-electron chi connectivity index (χ4n) is 7.32. The molecule has 46 heavy (non-hydrogen) atoms. The second-order valence-electron chi connectivity index (χ2n) is 12.1. The van der Waals surface area contributed by atoms with Crippen LogP contribution >= 0.6 is 0 Å². The van der Waals surface area contributed by atoms with Gasteiger partial charge in [0, 0.05) is 0 Å². The number of hydrogen-bond acceptors (Lipinski definition) is 0. The van der Waals surface area contributed by atoms with Crippen LogP contribution in [0.3, 0.4) is 0 Å². The Bertz CT molecular complexity index is 2480. The van der Waals surface area contributed by atoms with E-state index in [0.29, 0.717) is 0 Å². The number of fused-ring (bicyclic) bond motifs is 5. The molecule has 0 aromatic heterocycles. The summed E-state index contributed by atoms with van der Waals surface area (Å²) in [5.41, 5.74) is 10.0. The van der Waals surface area contributed by atoms with Crippen molar-refractivity contribution in [2.24, 2.45) is 0 Å². The molecule has 0 heterocycles. The van der Waals surface area contributed by atoms with Crippen molar-refractivity contribution in [3.05, 3.63) is 182 Å². The third-order valence-corrected chi connectivity index (χ3v) is 9.45. The summed E-state index contributed by atoms with van der Waals surface area (Å²) in [6.07, 6.45) is 0. The minimum absolute atomic E-state index is 1.23. The first-order chi connectivity index (χ1) is 22.8. The van der Waals surface area contributed by atoms with Gasteiger partial charge in [0.2, 0.25) is 0 Å². The third kappa shape index (κ3) is 4.30. The molecular formula is C46H30. The first-order valence-corrected chi connectivity index (χ1v) is 15.9. The lowest BCUT2D eigenvalue weighted by Crippen LogP contribution is -1.91. The normalized spacial score (nSPS) is 11.5. The van der Waals surface area contributed by atoms with Crippen LogP contribution in [-0.4, -0.2) is 0 Å². The lowest BCUT2D eigenvalue weighted by molar-refractivity contribution is 1.61. The lowest BCUT2D eigenvalue weighted by atomic mass is 9.85. The summed E-state index contributed by atoms with van der Waals surface area (Å²) < 4.78 is 0. The van der Waals surface area contributed by atoms with E-state index in [9.17, 15) is 0 Å². The molecule has 9 aromatic carbocycles. The fraction of sp³-hybridized carbons (Fsp3) is 0. The van der Waals surface area contributed by atoms with E-state index in [-0.39, 0.29) is 0 Å². The van der Waals surface area contributed by atoms with Gasteiger partial charge in [-0.25, -0.2) is 0 Å². The molecule has 0 N–H and O–H groups in total. The van der Waals surface area contributed by atoms with E-state index >= 15 is 0 Å². The second-order valence-corrected chi connectivity index (χ2v) is 12.1. The van der Waals surface area contributed by atoms with Crippen molar-refractivity contribution in [1.29, 1.82) is 0 Å². The zero-order valence-electron chi connectivity index (χ0n) is 25.3. The van der Waals surface area contributed by atoms with Gasteiger partial charge in [-0.05, 0) is 99.7 Å². The maximum Gasteiger partial charge on any atom is -0.00261 e. The molecule has 0 heteroatoms. The van der Waals surface area contributed by atoms with E-state index in [1.54, 1.807) is 0 Å². The predicted octanol–water partition coefficient (Wildman–Crippen LogP) is 13.0. The maximum absolute atomic E-state index is 2.41. The second kappa shape index (κ2) is 10.9. The Morgan fingerprint density at radius 3 is 1.22 bits per heavy atom. The molecule has 214 valence electrons. The summed E-state index contributed by atoms with van der Waals surface area (Å²) in [7, 11) is 0. The van der Waals surface area contributed by atoms with Gasteiger partial charge in [-0.1, -0.05) is 170 Å². The quantitative estimate of drug-likeness (QED) is 0.143. The van der Waals surface area contributed by atoms with Crippen LogP contribution < -0.4 is 0 Å². The highest BCUT2D eigenvalue weighted by Crippen LogP contribution is 2.45. The zero-order valence-corrected chi connectivity index (χ0v) is 25.3. The Morgan fingerprint density at radius 2 is 0.630 bits per heavy atom. The lowest BCUT2D eigenvalue weighted by Gasteiger charge is -2.18. The number of hydrogen-bond donors (Lipinski definition) is 0. The van der Waals surface area contributed by atoms with Gasteiger partial charge in [-0.3, -0.25) is 0 Å². The van der Waals surface area contributed by atoms with Crippen molar-refractivity contribution < 1.29 is 0 Å². The molecule has 0 amide bonds. The number of benzene rings is 9. The molecule has 0 radical (unpaired) electrons. The molecule has 0 saturated carbocycles. The average Bonchev–Trinajstić information content (AvgIpc) is 3.14. The summed E-state index contributed by atoms with van der Waals surface area (Å²) >= 11 is 0. The van der Waals surface area contributed by atoms with Gasteiger partial charge in [-0.15, -0.1) is 0 Å². The maximum atomic E-state index is 2.41. The topological polar surface area (TPSA) is 0 Å². The Kier molecular flexibility index (Phi) is 6.25. The monoisotopic (exact) mass is 582 g/mol. The Morgan fingerprint density at radius 1 is 0.217 bits per heavy atom. The largest absolute Gasteiger partial charge is 0.0622 e. The molecule has 0 aliphatic heterocycles. The van der Waals surface area contributed by atoms with Crippen LogP contribution in [0, 0.1) is 0 Å². The van der Waals surface area contributed by atoms with E-state index in [1.807, 2.05) is 0 Å². The standard InChI is InChI=1S/C46H30/c1-3-13-31(14-4-1)32-23-25-33(26-24-32)43-29-35-27-28-36(30-44(35)38-18-8-7-17-37(38)43)46-41-21-11-9-19-39(41)45(34-15-5-2-6-16-34)40-20-10-12-22-42(40)46/h1-30H. The molecule has 0 bridgehead atoms. The highest BCUT2D eigenvalue weighted by atomic mass is 14.2. The first kappa shape index (κ1) is 26.4. The molecule has 0 fully saturated rings. The van der Waals surface area contributed by atoms with Gasteiger partial charge in [0.25, 0.3) is 0 Å². The molecule has 0 saturated heterocycles. The van der Waals surface area contributed by atoms with Crippen LogP contribution in [-0.2, 0) is 0 Å². The minimum Gasteiger partial charge on any atom is -0.0622 e. The van der Waals surface area contributed by atoms with Crippen LogP contribution in [0.25, 0.3) is 87.6 Å².